The first-order chi connectivity index (χ1) is 20.2. The van der Waals surface area contributed by atoms with Gasteiger partial charge in [-0.3, -0.25) is 0 Å². The molecule has 12 rings (SSSR count). The smallest absolute Gasteiger partial charge is 0.0184 e. The SMILES string of the molecule is c1cc2ccc1CSCCSCc1ccc(cc1)CC1(C2)Cc2ccc(cc2)CSCCSCc2ccc(cc2)C1. The van der Waals surface area contributed by atoms with E-state index in [1.165, 1.54) is 67.5 Å². The van der Waals surface area contributed by atoms with E-state index in [0.29, 0.717) is 0 Å². The largest absolute Gasteiger partial charge is 0.156 e. The van der Waals surface area contributed by atoms with Gasteiger partial charge < -0.3 is 0 Å². The Labute approximate surface area is 264 Å². The molecule has 0 aromatic heterocycles. The topological polar surface area (TPSA) is 0 Å². The highest BCUT2D eigenvalue weighted by Gasteiger charge is 2.32. The van der Waals surface area contributed by atoms with Crippen LogP contribution >= 0.6 is 47.0 Å². The Morgan fingerprint density at radius 3 is 0.707 bits per heavy atom. The van der Waals surface area contributed by atoms with Gasteiger partial charge in [-0.2, -0.15) is 47.0 Å². The molecule has 1 spiro atoms. The molecule has 8 aliphatic rings. The predicted octanol–water partition coefficient (Wildman–Crippen LogP) is 9.90. The van der Waals surface area contributed by atoms with E-state index in [-0.39, 0.29) is 5.41 Å². The van der Waals surface area contributed by atoms with E-state index >= 15 is 0 Å². The van der Waals surface area contributed by atoms with Gasteiger partial charge in [-0.05, 0) is 75.6 Å². The zero-order valence-corrected chi connectivity index (χ0v) is 27.1. The van der Waals surface area contributed by atoms with Crippen LogP contribution in [-0.2, 0) is 48.7 Å². The maximum absolute atomic E-state index is 2.41. The van der Waals surface area contributed by atoms with Gasteiger partial charge in [-0.1, -0.05) is 97.1 Å². The summed E-state index contributed by atoms with van der Waals surface area (Å²) in [6.07, 6.45) is 4.31. The van der Waals surface area contributed by atoms with E-state index in [1.807, 2.05) is 0 Å². The van der Waals surface area contributed by atoms with Crippen LogP contribution in [0, 0.1) is 5.41 Å². The van der Waals surface area contributed by atoms with Crippen molar-refractivity contribution in [1.82, 2.24) is 0 Å². The van der Waals surface area contributed by atoms with Gasteiger partial charge in [0.2, 0.25) is 0 Å². The van der Waals surface area contributed by atoms with Crippen molar-refractivity contribution in [1.29, 1.82) is 0 Å². The van der Waals surface area contributed by atoms with Crippen LogP contribution in [0.4, 0.5) is 0 Å². The normalized spacial score (nSPS) is 18.3. The highest BCUT2D eigenvalue weighted by atomic mass is 32.2. The molecule has 41 heavy (non-hydrogen) atoms. The van der Waals surface area contributed by atoms with Crippen molar-refractivity contribution in [2.75, 3.05) is 23.0 Å². The lowest BCUT2D eigenvalue weighted by Gasteiger charge is -2.35. The lowest BCUT2D eigenvalue weighted by atomic mass is 9.68. The Kier molecular flexibility index (Phi) is 10.5. The number of hydrogen-bond acceptors (Lipinski definition) is 4. The van der Waals surface area contributed by atoms with Crippen molar-refractivity contribution in [3.63, 3.8) is 0 Å². The molecule has 0 fully saturated rings. The summed E-state index contributed by atoms with van der Waals surface area (Å²) < 4.78 is 0. The van der Waals surface area contributed by atoms with Crippen molar-refractivity contribution in [3.8, 4) is 0 Å². The minimum Gasteiger partial charge on any atom is -0.156 e. The van der Waals surface area contributed by atoms with E-state index < -0.39 is 0 Å². The van der Waals surface area contributed by atoms with Crippen LogP contribution < -0.4 is 0 Å². The van der Waals surface area contributed by atoms with Gasteiger partial charge in [0.05, 0.1) is 0 Å². The first kappa shape index (κ1) is 29.4. The summed E-state index contributed by atoms with van der Waals surface area (Å²) in [6, 6.07) is 38.4. The summed E-state index contributed by atoms with van der Waals surface area (Å²) in [6.45, 7) is 0. The molecule has 0 aliphatic carbocycles. The molecule has 4 aromatic carbocycles. The van der Waals surface area contributed by atoms with Crippen LogP contribution in [0.3, 0.4) is 0 Å². The molecule has 4 heteroatoms. The van der Waals surface area contributed by atoms with Gasteiger partial charge in [-0.15, -0.1) is 0 Å². The Balaban J connectivity index is 1.40. The van der Waals surface area contributed by atoms with E-state index in [1.54, 1.807) is 0 Å². The summed E-state index contributed by atoms with van der Waals surface area (Å²) >= 11 is 8.25. The Morgan fingerprint density at radius 1 is 0.293 bits per heavy atom. The molecule has 0 saturated carbocycles. The molecular formula is C37H40S4. The fraction of sp³-hybridized carbons (Fsp3) is 0.351. The minimum atomic E-state index is 0.0843. The van der Waals surface area contributed by atoms with Crippen LogP contribution in [0.5, 0.6) is 0 Å². The lowest BCUT2D eigenvalue weighted by Crippen LogP contribution is -2.32. The Bertz CT molecular complexity index is 1140. The quantitative estimate of drug-likeness (QED) is 0.194. The standard InChI is InChI=1S/C37H40S4/c1-9-33-10-2-29(1)21-37(22-30-3-11-34(12-4-30)26-39-18-17-38-25-33)23-31-5-13-35(14-6-31)27-40-19-20-41-28-36-15-7-32(24-37)8-16-36/h1-16H,17-28H2. The van der Waals surface area contributed by atoms with Crippen LogP contribution in [0.2, 0.25) is 0 Å². The molecule has 212 valence electrons. The van der Waals surface area contributed by atoms with Crippen molar-refractivity contribution in [3.05, 3.63) is 142 Å². The fourth-order valence-electron chi connectivity index (χ4n) is 6.12. The second-order valence-corrected chi connectivity index (χ2v) is 16.1. The highest BCUT2D eigenvalue weighted by molar-refractivity contribution is 8.02. The molecule has 0 nitrogen and oxygen atoms in total. The molecule has 0 amide bonds. The first-order valence-corrected chi connectivity index (χ1v) is 19.5. The number of rotatable bonds is 0. The van der Waals surface area contributed by atoms with Gasteiger partial charge in [0.15, 0.2) is 0 Å². The Hall–Kier alpha value is -1.72. The van der Waals surface area contributed by atoms with Gasteiger partial charge >= 0.3 is 0 Å². The van der Waals surface area contributed by atoms with Crippen LogP contribution in [0.25, 0.3) is 0 Å². The van der Waals surface area contributed by atoms with Gasteiger partial charge in [0.25, 0.3) is 0 Å². The second kappa shape index (κ2) is 14.6. The maximum atomic E-state index is 2.41. The van der Waals surface area contributed by atoms with E-state index in [4.69, 9.17) is 0 Å². The minimum absolute atomic E-state index is 0.0843. The van der Waals surface area contributed by atoms with Crippen LogP contribution in [-0.4, -0.2) is 23.0 Å². The fourth-order valence-corrected chi connectivity index (χ4v) is 10.3. The third-order valence-electron chi connectivity index (χ3n) is 8.23. The average molecular weight is 613 g/mol. The first-order valence-electron chi connectivity index (χ1n) is 14.8. The van der Waals surface area contributed by atoms with Crippen molar-refractivity contribution >= 4 is 47.0 Å². The van der Waals surface area contributed by atoms with Crippen molar-refractivity contribution in [2.24, 2.45) is 5.41 Å². The molecule has 0 unspecified atom stereocenters. The highest BCUT2D eigenvalue weighted by Crippen LogP contribution is 2.37. The summed E-state index contributed by atoms with van der Waals surface area (Å²) in [5.74, 6) is 9.27. The van der Waals surface area contributed by atoms with Crippen LogP contribution in [0.15, 0.2) is 97.1 Å². The second-order valence-electron chi connectivity index (χ2n) is 11.7. The lowest BCUT2D eigenvalue weighted by molar-refractivity contribution is 0.275. The zero-order chi connectivity index (χ0) is 27.7. The molecule has 8 aliphatic heterocycles. The summed E-state index contributed by atoms with van der Waals surface area (Å²) in [5, 5.41) is 0. The van der Waals surface area contributed by atoms with Crippen molar-refractivity contribution < 1.29 is 0 Å². The predicted molar refractivity (Wildman–Crippen MR) is 188 cm³/mol. The average Bonchev–Trinajstić information content (AvgIpc) is 3.00. The zero-order valence-electron chi connectivity index (χ0n) is 23.9. The summed E-state index contributed by atoms with van der Waals surface area (Å²) in [7, 11) is 0. The summed E-state index contributed by atoms with van der Waals surface area (Å²) in [4.78, 5) is 0. The van der Waals surface area contributed by atoms with Gasteiger partial charge in [0.1, 0.15) is 0 Å². The van der Waals surface area contributed by atoms with E-state index in [2.05, 4.69) is 144 Å². The summed E-state index contributed by atoms with van der Waals surface area (Å²) in [5.41, 5.74) is 11.7. The molecule has 8 bridgehead atoms. The molecular weight excluding hydrogens is 573 g/mol. The molecule has 0 radical (unpaired) electrons. The monoisotopic (exact) mass is 612 g/mol. The van der Waals surface area contributed by atoms with E-state index in [0.717, 1.165) is 48.7 Å². The third kappa shape index (κ3) is 8.66. The molecule has 4 aromatic rings. The van der Waals surface area contributed by atoms with Gasteiger partial charge in [0, 0.05) is 46.0 Å². The molecule has 8 heterocycles. The van der Waals surface area contributed by atoms with Gasteiger partial charge in [-0.25, -0.2) is 0 Å². The number of hydrogen-bond donors (Lipinski definition) is 0. The maximum Gasteiger partial charge on any atom is 0.0184 e. The third-order valence-corrected chi connectivity index (χ3v) is 12.9. The number of benzene rings is 4. The van der Waals surface area contributed by atoms with Crippen molar-refractivity contribution in [2.45, 2.75) is 48.7 Å². The Morgan fingerprint density at radius 2 is 0.488 bits per heavy atom. The molecule has 0 N–H and O–H groups in total. The molecule has 0 atom stereocenters. The van der Waals surface area contributed by atoms with E-state index in [9.17, 15) is 0 Å². The number of thioether (sulfide) groups is 4. The van der Waals surface area contributed by atoms with Crippen LogP contribution in [0.1, 0.15) is 44.5 Å². The molecule has 0 saturated heterocycles.